The fraction of sp³-hybridized carbons (Fsp3) is 0.689. The molecule has 3 aliphatic heterocycles. The highest BCUT2D eigenvalue weighted by atomic mass is 16.7. The fourth-order valence-electron chi connectivity index (χ4n) is 17.7. The fourth-order valence-corrected chi connectivity index (χ4v) is 17.7. The van der Waals surface area contributed by atoms with Gasteiger partial charge in [-0.05, 0) is 165 Å². The zero-order valence-corrected chi connectivity index (χ0v) is 54.6. The molecule has 25 atom stereocenters. The molecule has 10 rings (SSSR count). The Morgan fingerprint density at radius 1 is 0.568 bits per heavy atom. The molecule has 7 fully saturated rings. The summed E-state index contributed by atoms with van der Waals surface area (Å²) < 4.78 is 59.4. The average Bonchev–Trinajstić information content (AvgIpc) is 1.44. The van der Waals surface area contributed by atoms with E-state index in [2.05, 4.69) is 55.4 Å². The summed E-state index contributed by atoms with van der Waals surface area (Å²) in [6.07, 6.45) is 4.74. The Labute approximate surface area is 524 Å². The quantitative estimate of drug-likeness (QED) is 0.0561. The SMILES string of the molecule is CCC1O[C@@H](OC2[C@H](OC3CCC4(C)C(CCC5C4CCC4(C)C5CC(=O)C4[C@H](C)C(=O)CC[C@H](C)CO[C@@H]4OC(CC)[C@H](C)[C@H](OC(=O)c5ccccc5)C4OC(=O)c4ccccc4)C3)OC(COC(=O)c3ccccc3)[C@@H](C)[C@@H]2C)C(C)[C@@H](C)[C@@H]1C. The van der Waals surface area contributed by atoms with E-state index >= 15 is 0 Å². The molecule has 0 spiro atoms. The van der Waals surface area contributed by atoms with E-state index in [0.717, 1.165) is 51.4 Å². The van der Waals surface area contributed by atoms with Crippen LogP contribution in [0, 0.1) is 87.8 Å². The Balaban J connectivity index is 0.761. The molecule has 14 unspecified atom stereocenters. The van der Waals surface area contributed by atoms with Gasteiger partial charge in [0.05, 0.1) is 47.7 Å². The third kappa shape index (κ3) is 13.7. The van der Waals surface area contributed by atoms with E-state index in [1.165, 1.54) is 0 Å². The Bertz CT molecular complexity index is 2830. The maximum atomic E-state index is 14.5. The highest BCUT2D eigenvalue weighted by Crippen LogP contribution is 2.68. The summed E-state index contributed by atoms with van der Waals surface area (Å²) in [5.74, 6) is 0.336. The van der Waals surface area contributed by atoms with Gasteiger partial charge in [-0.15, -0.1) is 0 Å². The van der Waals surface area contributed by atoms with Gasteiger partial charge in [0.2, 0.25) is 0 Å². The molecule has 14 nitrogen and oxygen atoms in total. The van der Waals surface area contributed by atoms with E-state index in [9.17, 15) is 24.0 Å². The van der Waals surface area contributed by atoms with Crippen molar-refractivity contribution in [3.63, 3.8) is 0 Å². The summed E-state index contributed by atoms with van der Waals surface area (Å²) in [5.41, 5.74) is 1.07. The average molecular weight is 1220 g/mol. The molecule has 14 heteroatoms. The summed E-state index contributed by atoms with van der Waals surface area (Å²) in [5, 5.41) is 0. The monoisotopic (exact) mass is 1210 g/mol. The number of hydrogen-bond acceptors (Lipinski definition) is 14. The number of carbonyl (C=O) groups is 5. The van der Waals surface area contributed by atoms with Crippen molar-refractivity contribution >= 4 is 29.5 Å². The first-order valence-corrected chi connectivity index (χ1v) is 33.8. The Morgan fingerprint density at radius 2 is 1.12 bits per heavy atom. The van der Waals surface area contributed by atoms with Gasteiger partial charge in [0.1, 0.15) is 30.4 Å². The molecular formula is C74H102O14. The summed E-state index contributed by atoms with van der Waals surface area (Å²) in [4.78, 5) is 69.4. The zero-order valence-electron chi connectivity index (χ0n) is 54.6. The Hall–Kier alpha value is -4.83. The van der Waals surface area contributed by atoms with Crippen molar-refractivity contribution in [2.45, 2.75) is 222 Å². The third-order valence-corrected chi connectivity index (χ3v) is 23.8. The zero-order chi connectivity index (χ0) is 62.8. The van der Waals surface area contributed by atoms with Gasteiger partial charge in [-0.2, -0.15) is 0 Å². The van der Waals surface area contributed by atoms with Crippen LogP contribution >= 0.6 is 0 Å². The molecule has 4 saturated carbocycles. The number of fused-ring (bicyclic) bond motifs is 5. The lowest BCUT2D eigenvalue weighted by Gasteiger charge is -2.61. The molecule has 3 heterocycles. The minimum absolute atomic E-state index is 0.0126. The largest absolute Gasteiger partial charge is 0.459 e. The number of carbonyl (C=O) groups excluding carboxylic acids is 5. The molecule has 3 aromatic rings. The van der Waals surface area contributed by atoms with Crippen molar-refractivity contribution in [1.82, 2.24) is 0 Å². The van der Waals surface area contributed by atoms with Gasteiger partial charge >= 0.3 is 17.9 Å². The second-order valence-corrected chi connectivity index (χ2v) is 28.8. The topological polar surface area (TPSA) is 168 Å². The van der Waals surface area contributed by atoms with Gasteiger partial charge in [0, 0.05) is 36.5 Å². The minimum atomic E-state index is -1.07. The summed E-state index contributed by atoms with van der Waals surface area (Å²) >= 11 is 0. The van der Waals surface area contributed by atoms with E-state index in [0.29, 0.717) is 72.0 Å². The lowest BCUT2D eigenvalue weighted by Crippen LogP contribution is -2.58. The lowest BCUT2D eigenvalue weighted by molar-refractivity contribution is -0.347. The predicted molar refractivity (Wildman–Crippen MR) is 333 cm³/mol. The molecule has 3 aromatic carbocycles. The number of ether oxygens (including phenoxy) is 9. The first-order valence-electron chi connectivity index (χ1n) is 33.8. The molecule has 4 aliphatic carbocycles. The molecule has 0 radical (unpaired) electrons. The van der Waals surface area contributed by atoms with Crippen LogP contribution in [0.3, 0.4) is 0 Å². The smallest absolute Gasteiger partial charge is 0.338 e. The second-order valence-electron chi connectivity index (χ2n) is 28.8. The van der Waals surface area contributed by atoms with Crippen LogP contribution in [0.1, 0.15) is 191 Å². The lowest BCUT2D eigenvalue weighted by atomic mass is 9.44. The van der Waals surface area contributed by atoms with E-state index in [-0.39, 0.29) is 114 Å². The number of hydrogen-bond donors (Lipinski definition) is 0. The molecule has 0 bridgehead atoms. The normalized spacial score (nSPS) is 39.6. The van der Waals surface area contributed by atoms with Crippen molar-refractivity contribution in [2.75, 3.05) is 13.2 Å². The number of Topliss-reactive ketones (excluding diaryl/α,β-unsaturated/α-hetero) is 2. The highest BCUT2D eigenvalue weighted by Gasteiger charge is 2.64. The molecule has 0 N–H and O–H groups in total. The van der Waals surface area contributed by atoms with Gasteiger partial charge < -0.3 is 42.6 Å². The van der Waals surface area contributed by atoms with Crippen molar-refractivity contribution in [3.8, 4) is 0 Å². The van der Waals surface area contributed by atoms with Crippen molar-refractivity contribution in [2.24, 2.45) is 87.8 Å². The van der Waals surface area contributed by atoms with Crippen molar-refractivity contribution in [1.29, 1.82) is 0 Å². The van der Waals surface area contributed by atoms with Crippen LogP contribution in [0.5, 0.6) is 0 Å². The first kappa shape index (κ1) is 66.1. The van der Waals surface area contributed by atoms with Gasteiger partial charge in [0.25, 0.3) is 0 Å². The number of rotatable bonds is 21. The van der Waals surface area contributed by atoms with Crippen LogP contribution in [-0.2, 0) is 52.2 Å². The Kier molecular flexibility index (Phi) is 21.3. The van der Waals surface area contributed by atoms with Crippen LogP contribution in [0.2, 0.25) is 0 Å². The summed E-state index contributed by atoms with van der Waals surface area (Å²) in [7, 11) is 0. The standard InChI is InChI=1S/C74H102O14/c1-13-60-44(5)43(4)47(8)70(83-60)88-65-46(7)45(6)62(41-80-67(77)50-24-18-15-19-25-50)85-72(65)82-54-34-36-73(11)53(38-54)31-32-55-56(73)35-37-74(12)57(55)39-59(76)63(74)48(9)58(75)33-30-42(3)40-81-71-66(87-69(79)52-28-22-17-23-29-52)64(49(10)61(14-2)84-71)86-68(78)51-26-20-16-21-27-51/h15-29,42-49,53-57,60-66,70-72H,13-14,30-41H2,1-12H3/t42-,43-,44-,45-,46-,47?,48+,49-,53?,54?,55?,56?,57?,60?,61?,62?,63?,64-,65?,66?,70-,71+,72+,73?,74?/m0/s1. The molecule has 7 aliphatic rings. The van der Waals surface area contributed by atoms with Gasteiger partial charge in [-0.25, -0.2) is 14.4 Å². The predicted octanol–water partition coefficient (Wildman–Crippen LogP) is 14.4. The molecule has 0 aromatic heterocycles. The van der Waals surface area contributed by atoms with E-state index < -0.39 is 48.9 Å². The van der Waals surface area contributed by atoms with Gasteiger partial charge in [-0.3, -0.25) is 9.59 Å². The molecular weight excluding hydrogens is 1110 g/mol. The molecule has 88 heavy (non-hydrogen) atoms. The van der Waals surface area contributed by atoms with E-state index in [1.807, 2.05) is 58.0 Å². The van der Waals surface area contributed by atoms with Crippen molar-refractivity contribution in [3.05, 3.63) is 108 Å². The maximum Gasteiger partial charge on any atom is 0.338 e. The summed E-state index contributed by atoms with van der Waals surface area (Å²) in [6.45, 7) is 26.5. The van der Waals surface area contributed by atoms with E-state index in [1.54, 1.807) is 60.7 Å². The number of esters is 3. The van der Waals surface area contributed by atoms with E-state index in [4.69, 9.17) is 42.6 Å². The number of benzene rings is 3. The van der Waals surface area contributed by atoms with Crippen molar-refractivity contribution < 1.29 is 66.6 Å². The second kappa shape index (κ2) is 28.4. The number of ketones is 2. The molecule has 0 amide bonds. The van der Waals surface area contributed by atoms with Crippen LogP contribution in [0.4, 0.5) is 0 Å². The van der Waals surface area contributed by atoms with Crippen LogP contribution in [0.25, 0.3) is 0 Å². The Morgan fingerprint density at radius 3 is 1.75 bits per heavy atom. The minimum Gasteiger partial charge on any atom is -0.459 e. The van der Waals surface area contributed by atoms with Crippen LogP contribution in [0.15, 0.2) is 91.0 Å². The molecule has 3 saturated heterocycles. The maximum absolute atomic E-state index is 14.5. The van der Waals surface area contributed by atoms with Gasteiger partial charge in [0.15, 0.2) is 25.0 Å². The summed E-state index contributed by atoms with van der Waals surface area (Å²) in [6, 6.07) is 26.5. The first-order chi connectivity index (χ1) is 42.1. The third-order valence-electron chi connectivity index (χ3n) is 23.8. The molecule has 482 valence electrons. The highest BCUT2D eigenvalue weighted by molar-refractivity contribution is 5.92. The van der Waals surface area contributed by atoms with Crippen LogP contribution < -0.4 is 0 Å². The van der Waals surface area contributed by atoms with Crippen LogP contribution in [-0.4, -0.2) is 104 Å². The van der Waals surface area contributed by atoms with Gasteiger partial charge in [-0.1, -0.05) is 138 Å².